The lowest BCUT2D eigenvalue weighted by Crippen LogP contribution is -2.31. The first-order chi connectivity index (χ1) is 14.0. The third-order valence-corrected chi connectivity index (χ3v) is 5.18. The summed E-state index contributed by atoms with van der Waals surface area (Å²) < 4.78 is 1.50. The molecule has 1 fully saturated rings. The summed E-state index contributed by atoms with van der Waals surface area (Å²) in [7, 11) is 0. The zero-order valence-corrected chi connectivity index (χ0v) is 16.9. The molecular weight excluding hydrogens is 364 g/mol. The van der Waals surface area contributed by atoms with Gasteiger partial charge in [0.05, 0.1) is 23.0 Å². The third kappa shape index (κ3) is 3.85. The van der Waals surface area contributed by atoms with Crippen molar-refractivity contribution >= 4 is 11.8 Å². The molecule has 0 spiro atoms. The molecular formula is C22H26N6O. The summed E-state index contributed by atoms with van der Waals surface area (Å²) in [5.41, 5.74) is 9.18. The van der Waals surface area contributed by atoms with E-state index in [4.69, 9.17) is 5.73 Å². The van der Waals surface area contributed by atoms with E-state index in [0.717, 1.165) is 48.6 Å². The van der Waals surface area contributed by atoms with Gasteiger partial charge in [0, 0.05) is 24.7 Å². The molecule has 0 atom stereocenters. The molecule has 0 aliphatic carbocycles. The number of hydrogen-bond acceptors (Lipinski definition) is 6. The summed E-state index contributed by atoms with van der Waals surface area (Å²) in [6.07, 6.45) is 3.44. The molecule has 0 radical (unpaired) electrons. The minimum Gasteiger partial charge on any atom is -0.368 e. The highest BCUT2D eigenvalue weighted by Gasteiger charge is 2.24. The predicted octanol–water partition coefficient (Wildman–Crippen LogP) is 3.52. The molecule has 0 saturated carbocycles. The highest BCUT2D eigenvalue weighted by molar-refractivity contribution is 5.87. The van der Waals surface area contributed by atoms with E-state index in [1.165, 1.54) is 11.1 Å². The van der Waals surface area contributed by atoms with Crippen LogP contribution in [0.5, 0.6) is 0 Å². The lowest BCUT2D eigenvalue weighted by atomic mass is 10.0. The molecule has 2 aromatic heterocycles. The van der Waals surface area contributed by atoms with Crippen LogP contribution in [0.15, 0.2) is 47.3 Å². The fraction of sp³-hybridized carbons (Fsp3) is 0.364. The summed E-state index contributed by atoms with van der Waals surface area (Å²) in [6, 6.07) is 13.2. The molecule has 0 amide bonds. The SMILES string of the molecule is CC(C)n1nc(-c2c(-c3ccccc3)nc(N)nc2N2CCCCC2)ccc1=O. The molecule has 29 heavy (non-hydrogen) atoms. The topological polar surface area (TPSA) is 89.9 Å². The first-order valence-corrected chi connectivity index (χ1v) is 10.1. The van der Waals surface area contributed by atoms with Crippen LogP contribution in [0.2, 0.25) is 0 Å². The van der Waals surface area contributed by atoms with Crippen LogP contribution in [0, 0.1) is 0 Å². The Morgan fingerprint density at radius 2 is 1.69 bits per heavy atom. The van der Waals surface area contributed by atoms with E-state index in [0.29, 0.717) is 5.69 Å². The number of nitrogen functional groups attached to an aromatic ring is 1. The van der Waals surface area contributed by atoms with E-state index in [2.05, 4.69) is 20.0 Å². The normalized spacial score (nSPS) is 14.4. The lowest BCUT2D eigenvalue weighted by Gasteiger charge is -2.30. The molecule has 3 heterocycles. The second-order valence-corrected chi connectivity index (χ2v) is 7.64. The first-order valence-electron chi connectivity index (χ1n) is 10.1. The van der Waals surface area contributed by atoms with Crippen LogP contribution < -0.4 is 16.2 Å². The number of nitrogens with zero attached hydrogens (tertiary/aromatic N) is 5. The van der Waals surface area contributed by atoms with Crippen LogP contribution in [-0.4, -0.2) is 32.8 Å². The quantitative estimate of drug-likeness (QED) is 0.733. The molecule has 1 aliphatic rings. The van der Waals surface area contributed by atoms with Crippen molar-refractivity contribution in [2.75, 3.05) is 23.7 Å². The maximum Gasteiger partial charge on any atom is 0.267 e. The van der Waals surface area contributed by atoms with Crippen LogP contribution in [0.4, 0.5) is 11.8 Å². The molecule has 4 rings (SSSR count). The second kappa shape index (κ2) is 8.03. The van der Waals surface area contributed by atoms with Gasteiger partial charge in [-0.2, -0.15) is 10.1 Å². The van der Waals surface area contributed by atoms with Crippen molar-refractivity contribution < 1.29 is 0 Å². The van der Waals surface area contributed by atoms with Gasteiger partial charge in [-0.15, -0.1) is 0 Å². The van der Waals surface area contributed by atoms with Crippen molar-refractivity contribution in [3.8, 4) is 22.5 Å². The van der Waals surface area contributed by atoms with Crippen LogP contribution in [0.1, 0.15) is 39.2 Å². The predicted molar refractivity (Wildman–Crippen MR) is 116 cm³/mol. The zero-order chi connectivity index (χ0) is 20.4. The Kier molecular flexibility index (Phi) is 5.29. The Balaban J connectivity index is 1.99. The van der Waals surface area contributed by atoms with Crippen molar-refractivity contribution in [3.05, 3.63) is 52.8 Å². The van der Waals surface area contributed by atoms with Gasteiger partial charge >= 0.3 is 0 Å². The molecule has 1 aliphatic heterocycles. The molecule has 2 N–H and O–H groups in total. The van der Waals surface area contributed by atoms with E-state index < -0.39 is 0 Å². The van der Waals surface area contributed by atoms with Gasteiger partial charge in [0.2, 0.25) is 5.95 Å². The van der Waals surface area contributed by atoms with Gasteiger partial charge in [-0.1, -0.05) is 30.3 Å². The number of rotatable bonds is 4. The summed E-state index contributed by atoms with van der Waals surface area (Å²) >= 11 is 0. The Morgan fingerprint density at radius 1 is 0.966 bits per heavy atom. The van der Waals surface area contributed by atoms with Crippen LogP contribution in [0.3, 0.4) is 0 Å². The standard InChI is InChI=1S/C22H26N6O/c1-15(2)28-18(29)12-11-17(26-28)19-20(16-9-5-3-6-10-16)24-22(23)25-21(19)27-13-7-4-8-14-27/h3,5-6,9-12,15H,4,7-8,13-14H2,1-2H3,(H2,23,24,25). The summed E-state index contributed by atoms with van der Waals surface area (Å²) in [4.78, 5) is 23.7. The van der Waals surface area contributed by atoms with Gasteiger partial charge in [-0.05, 0) is 39.2 Å². The van der Waals surface area contributed by atoms with Gasteiger partial charge < -0.3 is 10.6 Å². The minimum atomic E-state index is -0.124. The molecule has 0 bridgehead atoms. The first kappa shape index (κ1) is 19.1. The van der Waals surface area contributed by atoms with Crippen molar-refractivity contribution in [3.63, 3.8) is 0 Å². The van der Waals surface area contributed by atoms with E-state index in [-0.39, 0.29) is 17.5 Å². The van der Waals surface area contributed by atoms with Gasteiger partial charge in [0.15, 0.2) is 0 Å². The second-order valence-electron chi connectivity index (χ2n) is 7.64. The van der Waals surface area contributed by atoms with E-state index >= 15 is 0 Å². The number of nitrogens with two attached hydrogens (primary N) is 1. The van der Waals surface area contributed by atoms with Crippen molar-refractivity contribution in [1.29, 1.82) is 0 Å². The largest absolute Gasteiger partial charge is 0.368 e. The smallest absolute Gasteiger partial charge is 0.267 e. The molecule has 7 heteroatoms. The number of piperidine rings is 1. The van der Waals surface area contributed by atoms with Crippen molar-refractivity contribution in [2.45, 2.75) is 39.2 Å². The summed E-state index contributed by atoms with van der Waals surface area (Å²) in [5, 5.41) is 4.67. The number of hydrogen-bond donors (Lipinski definition) is 1. The molecule has 7 nitrogen and oxygen atoms in total. The summed E-state index contributed by atoms with van der Waals surface area (Å²) in [5.74, 6) is 1.03. The van der Waals surface area contributed by atoms with Crippen LogP contribution in [0.25, 0.3) is 22.5 Å². The van der Waals surface area contributed by atoms with Gasteiger partial charge in [0.25, 0.3) is 5.56 Å². The number of aromatic nitrogens is 4. The highest BCUT2D eigenvalue weighted by atomic mass is 16.1. The molecule has 150 valence electrons. The Morgan fingerprint density at radius 3 is 2.38 bits per heavy atom. The van der Waals surface area contributed by atoms with Crippen LogP contribution >= 0.6 is 0 Å². The van der Waals surface area contributed by atoms with Gasteiger partial charge in [0.1, 0.15) is 5.82 Å². The molecule has 3 aromatic rings. The Labute approximate surface area is 170 Å². The minimum absolute atomic E-state index is 0.0456. The monoisotopic (exact) mass is 390 g/mol. The Hall–Kier alpha value is -3.22. The number of benzene rings is 1. The molecule has 0 unspecified atom stereocenters. The van der Waals surface area contributed by atoms with E-state index in [1.54, 1.807) is 12.1 Å². The van der Waals surface area contributed by atoms with Crippen LogP contribution in [-0.2, 0) is 0 Å². The molecule has 1 aromatic carbocycles. The third-order valence-electron chi connectivity index (χ3n) is 5.18. The fourth-order valence-electron chi connectivity index (χ4n) is 3.77. The maximum atomic E-state index is 12.3. The van der Waals surface area contributed by atoms with Crippen molar-refractivity contribution in [2.24, 2.45) is 0 Å². The van der Waals surface area contributed by atoms with E-state index in [9.17, 15) is 4.79 Å². The zero-order valence-electron chi connectivity index (χ0n) is 16.9. The number of anilines is 2. The van der Waals surface area contributed by atoms with Crippen molar-refractivity contribution in [1.82, 2.24) is 19.7 Å². The highest BCUT2D eigenvalue weighted by Crippen LogP contribution is 2.37. The average molecular weight is 390 g/mol. The lowest BCUT2D eigenvalue weighted by molar-refractivity contribution is 0.505. The maximum absolute atomic E-state index is 12.3. The van der Waals surface area contributed by atoms with Gasteiger partial charge in [-0.3, -0.25) is 4.79 Å². The van der Waals surface area contributed by atoms with Gasteiger partial charge in [-0.25, -0.2) is 9.67 Å². The Bertz CT molecular complexity index is 1050. The van der Waals surface area contributed by atoms with E-state index in [1.807, 2.05) is 44.2 Å². The molecule has 1 saturated heterocycles. The average Bonchev–Trinajstić information content (AvgIpc) is 2.75. The fourth-order valence-corrected chi connectivity index (χ4v) is 3.77. The summed E-state index contributed by atoms with van der Waals surface area (Å²) in [6.45, 7) is 5.73.